The molecule has 0 radical (unpaired) electrons. The maximum absolute atomic E-state index is 12.1. The highest BCUT2D eigenvalue weighted by atomic mass is 16.6. The normalized spacial score (nSPS) is 10.8. The van der Waals surface area contributed by atoms with Crippen molar-refractivity contribution in [2.45, 2.75) is 0 Å². The number of nitrogens with one attached hydrogen (secondary N) is 2. The zero-order chi connectivity index (χ0) is 24.5. The molecule has 3 aromatic rings. The molecule has 0 aromatic heterocycles. The van der Waals surface area contributed by atoms with E-state index in [0.717, 1.165) is 0 Å². The SMILES string of the molecule is O=C(/C=C/c1ccc([N+](=O)[O-])cc1)Nc1ccc(NC(=O)/C=C/c2ccc([N+](=O)[O-])cc2)cc1. The molecule has 0 aliphatic rings. The first-order chi connectivity index (χ1) is 16.3. The van der Waals surface area contributed by atoms with Gasteiger partial charge in [0.25, 0.3) is 11.4 Å². The fourth-order valence-corrected chi connectivity index (χ4v) is 2.76. The second-order valence-electron chi connectivity index (χ2n) is 6.92. The number of hydrogen-bond acceptors (Lipinski definition) is 6. The molecule has 10 nitrogen and oxygen atoms in total. The third kappa shape index (κ3) is 6.95. The minimum absolute atomic E-state index is 0.0318. The molecule has 10 heteroatoms. The summed E-state index contributed by atoms with van der Waals surface area (Å²) in [6, 6.07) is 18.0. The third-order valence-electron chi connectivity index (χ3n) is 4.48. The number of nitrogens with zero attached hydrogens (tertiary/aromatic N) is 2. The number of carbonyl (C=O) groups excluding carboxylic acids is 2. The van der Waals surface area contributed by atoms with Crippen LogP contribution in [-0.4, -0.2) is 21.7 Å². The van der Waals surface area contributed by atoms with Gasteiger partial charge in [-0.2, -0.15) is 0 Å². The molecule has 170 valence electrons. The molecule has 0 fully saturated rings. The first kappa shape index (κ1) is 23.5. The quantitative estimate of drug-likeness (QED) is 0.282. The van der Waals surface area contributed by atoms with Crippen molar-refractivity contribution < 1.29 is 19.4 Å². The lowest BCUT2D eigenvalue weighted by atomic mass is 10.2. The summed E-state index contributed by atoms with van der Waals surface area (Å²) in [7, 11) is 0. The fraction of sp³-hybridized carbons (Fsp3) is 0. The van der Waals surface area contributed by atoms with Crippen molar-refractivity contribution >= 4 is 46.7 Å². The summed E-state index contributed by atoms with van der Waals surface area (Å²) >= 11 is 0. The van der Waals surface area contributed by atoms with Crippen LogP contribution in [0.2, 0.25) is 0 Å². The van der Waals surface area contributed by atoms with Gasteiger partial charge < -0.3 is 10.6 Å². The summed E-state index contributed by atoms with van der Waals surface area (Å²) in [5.74, 6) is -0.776. The Morgan fingerprint density at radius 2 is 0.912 bits per heavy atom. The second-order valence-corrected chi connectivity index (χ2v) is 6.92. The van der Waals surface area contributed by atoms with Crippen LogP contribution < -0.4 is 10.6 Å². The molecule has 3 aromatic carbocycles. The molecule has 34 heavy (non-hydrogen) atoms. The molecule has 0 saturated heterocycles. The van der Waals surface area contributed by atoms with Gasteiger partial charge in [0.05, 0.1) is 9.85 Å². The molecular formula is C24H18N4O6. The Bertz CT molecular complexity index is 1160. The smallest absolute Gasteiger partial charge is 0.269 e. The molecule has 0 heterocycles. The summed E-state index contributed by atoms with van der Waals surface area (Å²) < 4.78 is 0. The van der Waals surface area contributed by atoms with Gasteiger partial charge in [-0.25, -0.2) is 0 Å². The van der Waals surface area contributed by atoms with Crippen molar-refractivity contribution in [3.63, 3.8) is 0 Å². The van der Waals surface area contributed by atoms with Crippen LogP contribution in [0.25, 0.3) is 12.2 Å². The predicted molar refractivity (Wildman–Crippen MR) is 128 cm³/mol. The first-order valence-electron chi connectivity index (χ1n) is 9.87. The predicted octanol–water partition coefficient (Wildman–Crippen LogP) is 4.81. The number of hydrogen-bond donors (Lipinski definition) is 2. The van der Waals surface area contributed by atoms with Gasteiger partial charge in [-0.3, -0.25) is 29.8 Å². The number of amides is 2. The Kier molecular flexibility index (Phi) is 7.59. The van der Waals surface area contributed by atoms with Gasteiger partial charge in [-0.15, -0.1) is 0 Å². The molecule has 0 saturated carbocycles. The van der Waals surface area contributed by atoms with E-state index >= 15 is 0 Å². The molecule has 0 aliphatic heterocycles. The van der Waals surface area contributed by atoms with Crippen molar-refractivity contribution in [1.82, 2.24) is 0 Å². The molecule has 3 rings (SSSR count). The summed E-state index contributed by atoms with van der Waals surface area (Å²) in [4.78, 5) is 44.5. The van der Waals surface area contributed by atoms with Crippen LogP contribution in [0, 0.1) is 20.2 Å². The van der Waals surface area contributed by atoms with E-state index in [1.165, 1.54) is 72.8 Å². The maximum atomic E-state index is 12.1. The number of carbonyl (C=O) groups is 2. The van der Waals surface area contributed by atoms with Gasteiger partial charge in [0.15, 0.2) is 0 Å². The largest absolute Gasteiger partial charge is 0.323 e. The fourth-order valence-electron chi connectivity index (χ4n) is 2.76. The Morgan fingerprint density at radius 1 is 0.588 bits per heavy atom. The Hall–Kier alpha value is -5.12. The van der Waals surface area contributed by atoms with Crippen molar-refractivity contribution in [1.29, 1.82) is 0 Å². The average Bonchev–Trinajstić information content (AvgIpc) is 2.83. The van der Waals surface area contributed by atoms with Crippen molar-refractivity contribution in [3.8, 4) is 0 Å². The van der Waals surface area contributed by atoms with Crippen LogP contribution in [0.15, 0.2) is 84.9 Å². The van der Waals surface area contributed by atoms with Crippen LogP contribution in [0.4, 0.5) is 22.7 Å². The summed E-state index contributed by atoms with van der Waals surface area (Å²) in [5.41, 5.74) is 2.24. The van der Waals surface area contributed by atoms with Gasteiger partial charge in [0.1, 0.15) is 0 Å². The highest BCUT2D eigenvalue weighted by molar-refractivity contribution is 6.03. The van der Waals surface area contributed by atoms with Crippen LogP contribution in [0.3, 0.4) is 0 Å². The number of nitro benzene ring substituents is 2. The Labute approximate surface area is 193 Å². The number of non-ortho nitro benzene ring substituents is 2. The monoisotopic (exact) mass is 458 g/mol. The lowest BCUT2D eigenvalue weighted by Crippen LogP contribution is -2.09. The molecule has 0 unspecified atom stereocenters. The molecule has 0 aliphatic carbocycles. The van der Waals surface area contributed by atoms with Crippen LogP contribution in [0.5, 0.6) is 0 Å². The Balaban J connectivity index is 1.50. The van der Waals surface area contributed by atoms with E-state index in [4.69, 9.17) is 0 Å². The van der Waals surface area contributed by atoms with E-state index in [0.29, 0.717) is 22.5 Å². The minimum atomic E-state index is -0.498. The molecule has 0 bridgehead atoms. The zero-order valence-electron chi connectivity index (χ0n) is 17.6. The number of benzene rings is 3. The standard InChI is InChI=1S/C24H18N4O6/c29-23(15-5-17-1-11-21(12-2-17)27(31)32)25-19-7-9-20(10-8-19)26-24(30)16-6-18-3-13-22(14-4-18)28(33)34/h1-16H,(H,25,29)(H,26,30)/b15-5+,16-6+. The van der Waals surface area contributed by atoms with Crippen molar-refractivity contribution in [2.24, 2.45) is 0 Å². The zero-order valence-corrected chi connectivity index (χ0v) is 17.6. The second kappa shape index (κ2) is 11.0. The number of rotatable bonds is 8. The van der Waals surface area contributed by atoms with Gasteiger partial charge in [0, 0.05) is 47.8 Å². The van der Waals surface area contributed by atoms with Crippen LogP contribution in [0.1, 0.15) is 11.1 Å². The van der Waals surface area contributed by atoms with E-state index < -0.39 is 9.85 Å². The van der Waals surface area contributed by atoms with Gasteiger partial charge >= 0.3 is 0 Å². The summed E-state index contributed by atoms with van der Waals surface area (Å²) in [6.45, 7) is 0. The lowest BCUT2D eigenvalue weighted by Gasteiger charge is -2.05. The molecule has 2 amide bonds. The van der Waals surface area contributed by atoms with Crippen molar-refractivity contribution in [2.75, 3.05) is 10.6 Å². The average molecular weight is 458 g/mol. The Morgan fingerprint density at radius 3 is 1.21 bits per heavy atom. The van der Waals surface area contributed by atoms with E-state index in [-0.39, 0.29) is 23.2 Å². The van der Waals surface area contributed by atoms with E-state index in [1.54, 1.807) is 24.3 Å². The highest BCUT2D eigenvalue weighted by Crippen LogP contribution is 2.16. The number of nitro groups is 2. The molecular weight excluding hydrogens is 440 g/mol. The van der Waals surface area contributed by atoms with E-state index in [2.05, 4.69) is 10.6 Å². The van der Waals surface area contributed by atoms with E-state index in [1.807, 2.05) is 0 Å². The van der Waals surface area contributed by atoms with Gasteiger partial charge in [-0.05, 0) is 71.8 Å². The van der Waals surface area contributed by atoms with Gasteiger partial charge in [-0.1, -0.05) is 0 Å². The van der Waals surface area contributed by atoms with Crippen LogP contribution in [-0.2, 0) is 9.59 Å². The topological polar surface area (TPSA) is 144 Å². The summed E-state index contributed by atoms with van der Waals surface area (Å²) in [5, 5.41) is 26.7. The minimum Gasteiger partial charge on any atom is -0.323 e. The lowest BCUT2D eigenvalue weighted by molar-refractivity contribution is -0.385. The van der Waals surface area contributed by atoms with E-state index in [9.17, 15) is 29.8 Å². The maximum Gasteiger partial charge on any atom is 0.269 e. The highest BCUT2D eigenvalue weighted by Gasteiger charge is 2.05. The summed E-state index contributed by atoms with van der Waals surface area (Å²) in [6.07, 6.45) is 5.68. The third-order valence-corrected chi connectivity index (χ3v) is 4.48. The van der Waals surface area contributed by atoms with Crippen LogP contribution >= 0.6 is 0 Å². The molecule has 0 atom stereocenters. The molecule has 2 N–H and O–H groups in total. The van der Waals surface area contributed by atoms with Gasteiger partial charge in [0.2, 0.25) is 11.8 Å². The first-order valence-corrected chi connectivity index (χ1v) is 9.87. The molecule has 0 spiro atoms. The number of anilines is 2. The van der Waals surface area contributed by atoms with Crippen molar-refractivity contribution in [3.05, 3.63) is 116 Å².